The van der Waals surface area contributed by atoms with Crippen molar-refractivity contribution >= 4 is 51.0 Å². The van der Waals surface area contributed by atoms with Gasteiger partial charge in [-0.15, -0.1) is 11.6 Å². The standard InChI is InChI=1S/C31H42ClN5O7S/c1-31(2,3)37-27(39)15-14-24(35-26(38)16-17-33-28(40)19-32)30(42)36-25(18-21-8-6-5-7-9-21)29(41)34-20-22-10-12-23(13-11-22)45(4,43)44/h5-13,24-25H,14-20H2,1-4H3,(H,33,40)(H,34,41)(H,35,38)(H,36,42)(H,37,39)/t24-,25-/m0/s1. The molecule has 45 heavy (non-hydrogen) atoms. The van der Waals surface area contributed by atoms with E-state index in [2.05, 4.69) is 26.6 Å². The van der Waals surface area contributed by atoms with Crippen LogP contribution in [0.25, 0.3) is 0 Å². The van der Waals surface area contributed by atoms with E-state index in [0.29, 0.717) is 5.56 Å². The number of hydrogen-bond donors (Lipinski definition) is 5. The molecular weight excluding hydrogens is 622 g/mol. The fraction of sp³-hybridized carbons (Fsp3) is 0.452. The van der Waals surface area contributed by atoms with Gasteiger partial charge in [0.15, 0.2) is 9.84 Å². The normalized spacial score (nSPS) is 12.7. The minimum absolute atomic E-state index is 0.000436. The van der Waals surface area contributed by atoms with Crippen LogP contribution in [-0.4, -0.2) is 74.3 Å². The van der Waals surface area contributed by atoms with Gasteiger partial charge in [-0.2, -0.15) is 0 Å². The van der Waals surface area contributed by atoms with Crippen molar-refractivity contribution in [1.82, 2.24) is 26.6 Å². The average Bonchev–Trinajstić information content (AvgIpc) is 2.96. The third-order valence-electron chi connectivity index (χ3n) is 6.36. The van der Waals surface area contributed by atoms with Crippen molar-refractivity contribution in [2.24, 2.45) is 0 Å². The molecule has 2 aromatic carbocycles. The summed E-state index contributed by atoms with van der Waals surface area (Å²) in [6.07, 6.45) is 0.998. The first-order valence-electron chi connectivity index (χ1n) is 14.4. The first-order valence-corrected chi connectivity index (χ1v) is 16.8. The number of alkyl halides is 1. The molecule has 0 aliphatic heterocycles. The van der Waals surface area contributed by atoms with E-state index < -0.39 is 51.1 Å². The van der Waals surface area contributed by atoms with E-state index in [0.717, 1.165) is 11.8 Å². The molecule has 0 aliphatic rings. The van der Waals surface area contributed by atoms with Gasteiger partial charge in [0.05, 0.1) is 4.90 Å². The van der Waals surface area contributed by atoms with Gasteiger partial charge in [-0.25, -0.2) is 8.42 Å². The van der Waals surface area contributed by atoms with E-state index in [9.17, 15) is 32.4 Å². The largest absolute Gasteiger partial charge is 0.355 e. The Morgan fingerprint density at radius 1 is 0.756 bits per heavy atom. The number of benzene rings is 2. The Hall–Kier alpha value is -3.97. The fourth-order valence-electron chi connectivity index (χ4n) is 4.15. The molecule has 0 bridgehead atoms. The van der Waals surface area contributed by atoms with Crippen molar-refractivity contribution in [3.63, 3.8) is 0 Å². The molecule has 0 aliphatic carbocycles. The van der Waals surface area contributed by atoms with Crippen molar-refractivity contribution in [1.29, 1.82) is 0 Å². The highest BCUT2D eigenvalue weighted by Gasteiger charge is 2.28. The Balaban J connectivity index is 2.19. The molecule has 0 heterocycles. The number of hydrogen-bond acceptors (Lipinski definition) is 7. The number of rotatable bonds is 16. The van der Waals surface area contributed by atoms with Crippen LogP contribution in [0.2, 0.25) is 0 Å². The Labute approximate surface area is 269 Å². The topological polar surface area (TPSA) is 180 Å². The average molecular weight is 664 g/mol. The maximum absolute atomic E-state index is 13.5. The summed E-state index contributed by atoms with van der Waals surface area (Å²) in [6.45, 7) is 5.53. The second-order valence-corrected chi connectivity index (χ2v) is 13.9. The first-order chi connectivity index (χ1) is 21.1. The van der Waals surface area contributed by atoms with Crippen LogP contribution in [0.5, 0.6) is 0 Å². The van der Waals surface area contributed by atoms with Gasteiger partial charge in [-0.3, -0.25) is 24.0 Å². The van der Waals surface area contributed by atoms with Crippen molar-refractivity contribution in [2.45, 2.75) is 75.5 Å². The minimum Gasteiger partial charge on any atom is -0.355 e. The number of carbonyl (C=O) groups is 5. The molecule has 5 N–H and O–H groups in total. The van der Waals surface area contributed by atoms with Gasteiger partial charge in [0.25, 0.3) is 0 Å². The third-order valence-corrected chi connectivity index (χ3v) is 7.73. The van der Waals surface area contributed by atoms with Gasteiger partial charge >= 0.3 is 0 Å². The number of amides is 5. The summed E-state index contributed by atoms with van der Waals surface area (Å²) < 4.78 is 23.5. The van der Waals surface area contributed by atoms with E-state index in [1.807, 2.05) is 39.0 Å². The van der Waals surface area contributed by atoms with Crippen LogP contribution in [0.1, 0.15) is 51.2 Å². The number of halogens is 1. The lowest BCUT2D eigenvalue weighted by atomic mass is 10.0. The van der Waals surface area contributed by atoms with E-state index in [1.165, 1.54) is 12.1 Å². The zero-order valence-electron chi connectivity index (χ0n) is 25.9. The predicted molar refractivity (Wildman–Crippen MR) is 171 cm³/mol. The molecule has 2 rings (SSSR count). The quantitative estimate of drug-likeness (QED) is 0.168. The molecule has 12 nitrogen and oxygen atoms in total. The molecule has 2 atom stereocenters. The number of nitrogens with one attached hydrogen (secondary N) is 5. The molecule has 0 aromatic heterocycles. The predicted octanol–water partition coefficient (Wildman–Crippen LogP) is 1.36. The lowest BCUT2D eigenvalue weighted by molar-refractivity contribution is -0.133. The van der Waals surface area contributed by atoms with Crippen molar-refractivity contribution in [2.75, 3.05) is 18.7 Å². The minimum atomic E-state index is -3.37. The Morgan fingerprint density at radius 3 is 1.98 bits per heavy atom. The van der Waals surface area contributed by atoms with E-state index in [1.54, 1.807) is 24.3 Å². The van der Waals surface area contributed by atoms with Crippen LogP contribution < -0.4 is 26.6 Å². The number of sulfone groups is 1. The molecule has 0 saturated heterocycles. The van der Waals surface area contributed by atoms with Gasteiger partial charge in [-0.1, -0.05) is 42.5 Å². The summed E-state index contributed by atoms with van der Waals surface area (Å²) in [6, 6.07) is 12.9. The summed E-state index contributed by atoms with van der Waals surface area (Å²) in [7, 11) is -3.37. The zero-order chi connectivity index (χ0) is 33.6. The summed E-state index contributed by atoms with van der Waals surface area (Å²) in [5.41, 5.74) is 0.926. The smallest absolute Gasteiger partial charge is 0.243 e. The van der Waals surface area contributed by atoms with Gasteiger partial charge in [0.1, 0.15) is 18.0 Å². The molecule has 0 spiro atoms. The summed E-state index contributed by atoms with van der Waals surface area (Å²) in [5, 5.41) is 13.4. The maximum Gasteiger partial charge on any atom is 0.243 e. The molecular formula is C31H42ClN5O7S. The summed E-state index contributed by atoms with van der Waals surface area (Å²) in [5.74, 6) is -2.72. The van der Waals surface area contributed by atoms with E-state index in [-0.39, 0.29) is 55.5 Å². The van der Waals surface area contributed by atoms with Crippen LogP contribution in [0.3, 0.4) is 0 Å². The Morgan fingerprint density at radius 2 is 1.40 bits per heavy atom. The third kappa shape index (κ3) is 14.6. The van der Waals surface area contributed by atoms with Crippen molar-refractivity contribution < 1.29 is 32.4 Å². The molecule has 0 fully saturated rings. The Kier molecular flexibility index (Phi) is 14.5. The van der Waals surface area contributed by atoms with Gasteiger partial charge < -0.3 is 26.6 Å². The van der Waals surface area contributed by atoms with Gasteiger partial charge in [0.2, 0.25) is 29.5 Å². The van der Waals surface area contributed by atoms with Crippen LogP contribution in [0.15, 0.2) is 59.5 Å². The highest BCUT2D eigenvalue weighted by atomic mass is 35.5. The Bertz CT molecular complexity index is 1430. The second kappa shape index (κ2) is 17.5. The molecule has 14 heteroatoms. The molecule has 0 unspecified atom stereocenters. The van der Waals surface area contributed by atoms with Crippen molar-refractivity contribution in [3.05, 3.63) is 65.7 Å². The van der Waals surface area contributed by atoms with Crippen LogP contribution in [-0.2, 0) is 46.8 Å². The first kappa shape index (κ1) is 37.2. The highest BCUT2D eigenvalue weighted by Crippen LogP contribution is 2.11. The lowest BCUT2D eigenvalue weighted by Gasteiger charge is -2.24. The number of carbonyl (C=O) groups excluding carboxylic acids is 5. The highest BCUT2D eigenvalue weighted by molar-refractivity contribution is 7.90. The molecule has 0 saturated carbocycles. The molecule has 0 radical (unpaired) electrons. The molecule has 2 aromatic rings. The van der Waals surface area contributed by atoms with E-state index >= 15 is 0 Å². The van der Waals surface area contributed by atoms with Crippen LogP contribution in [0, 0.1) is 0 Å². The van der Waals surface area contributed by atoms with Gasteiger partial charge in [0, 0.05) is 44.1 Å². The van der Waals surface area contributed by atoms with E-state index in [4.69, 9.17) is 11.6 Å². The second-order valence-electron chi connectivity index (χ2n) is 11.6. The molecule has 5 amide bonds. The summed E-state index contributed by atoms with van der Waals surface area (Å²) in [4.78, 5) is 63.6. The SMILES string of the molecule is CC(C)(C)NC(=O)CC[C@H](NC(=O)CCNC(=O)CCl)C(=O)N[C@@H](Cc1ccccc1)C(=O)NCc1ccc(S(C)(=O)=O)cc1. The monoisotopic (exact) mass is 663 g/mol. The van der Waals surface area contributed by atoms with Gasteiger partial charge in [-0.05, 0) is 50.5 Å². The fourth-order valence-corrected chi connectivity index (χ4v) is 4.88. The molecule has 246 valence electrons. The van der Waals surface area contributed by atoms with Crippen LogP contribution >= 0.6 is 11.6 Å². The summed E-state index contributed by atoms with van der Waals surface area (Å²) >= 11 is 5.46. The lowest BCUT2D eigenvalue weighted by Crippen LogP contribution is -2.54. The van der Waals surface area contributed by atoms with Crippen molar-refractivity contribution in [3.8, 4) is 0 Å². The van der Waals surface area contributed by atoms with Crippen LogP contribution in [0.4, 0.5) is 0 Å². The maximum atomic E-state index is 13.5. The zero-order valence-corrected chi connectivity index (χ0v) is 27.5.